The molecule has 2 aliphatic heterocycles. The van der Waals surface area contributed by atoms with Crippen molar-refractivity contribution in [2.45, 2.75) is 24.7 Å². The number of rotatable bonds is 5. The van der Waals surface area contributed by atoms with Gasteiger partial charge in [-0.05, 0) is 54.4 Å². The van der Waals surface area contributed by atoms with Gasteiger partial charge in [-0.25, -0.2) is 8.42 Å². The first-order valence-electron chi connectivity index (χ1n) is 9.87. The summed E-state index contributed by atoms with van der Waals surface area (Å²) in [5.41, 5.74) is 3.27. The van der Waals surface area contributed by atoms with Gasteiger partial charge in [0.25, 0.3) is 10.0 Å². The quantitative estimate of drug-likeness (QED) is 0.812. The highest BCUT2D eigenvalue weighted by Crippen LogP contribution is 2.31. The predicted molar refractivity (Wildman–Crippen MR) is 113 cm³/mol. The van der Waals surface area contributed by atoms with Crippen molar-refractivity contribution >= 4 is 33.0 Å². The molecule has 0 saturated carbocycles. The monoisotopic (exact) mass is 415 g/mol. The van der Waals surface area contributed by atoms with Crippen molar-refractivity contribution in [2.24, 2.45) is 0 Å². The van der Waals surface area contributed by atoms with Crippen LogP contribution in [0.4, 0.5) is 17.1 Å². The second kappa shape index (κ2) is 8.04. The molecule has 0 spiro atoms. The largest absolute Gasteiger partial charge is 0.378 e. The number of morpholine rings is 1. The first kappa shape index (κ1) is 19.7. The molecule has 7 nitrogen and oxygen atoms in total. The third-order valence-electron chi connectivity index (χ3n) is 5.36. The number of nitrogens with zero attached hydrogens (tertiary/aromatic N) is 2. The molecule has 2 aromatic rings. The minimum Gasteiger partial charge on any atom is -0.378 e. The van der Waals surface area contributed by atoms with Crippen molar-refractivity contribution in [3.05, 3.63) is 48.0 Å². The Morgan fingerprint density at radius 1 is 1.07 bits per heavy atom. The van der Waals surface area contributed by atoms with E-state index < -0.39 is 10.0 Å². The Bertz CT molecular complexity index is 999. The Morgan fingerprint density at radius 2 is 1.79 bits per heavy atom. The van der Waals surface area contributed by atoms with E-state index in [1.165, 1.54) is 0 Å². The smallest absolute Gasteiger partial charge is 0.261 e. The number of carbonyl (C=O) groups is 1. The highest BCUT2D eigenvalue weighted by Gasteiger charge is 2.26. The fraction of sp³-hybridized carbons (Fsp3) is 0.381. The molecule has 0 radical (unpaired) electrons. The maximum absolute atomic E-state index is 12.8. The van der Waals surface area contributed by atoms with Gasteiger partial charge in [0.05, 0.1) is 18.1 Å². The molecule has 0 atom stereocenters. The molecule has 0 aliphatic carbocycles. The van der Waals surface area contributed by atoms with Crippen LogP contribution in [0.2, 0.25) is 0 Å². The molecular formula is C21H25N3O4S. The second-order valence-corrected chi connectivity index (χ2v) is 8.87. The topological polar surface area (TPSA) is 79.0 Å². The van der Waals surface area contributed by atoms with Crippen LogP contribution < -0.4 is 14.5 Å². The lowest BCUT2D eigenvalue weighted by molar-refractivity contribution is -0.118. The predicted octanol–water partition coefficient (Wildman–Crippen LogP) is 2.62. The van der Waals surface area contributed by atoms with Gasteiger partial charge in [-0.1, -0.05) is 6.92 Å². The fourth-order valence-electron chi connectivity index (χ4n) is 3.77. The second-order valence-electron chi connectivity index (χ2n) is 7.19. The van der Waals surface area contributed by atoms with Gasteiger partial charge in [0.1, 0.15) is 0 Å². The minimum absolute atomic E-state index is 0.0536. The van der Waals surface area contributed by atoms with E-state index in [0.29, 0.717) is 38.3 Å². The number of nitrogens with one attached hydrogen (secondary N) is 1. The van der Waals surface area contributed by atoms with Gasteiger partial charge in [0, 0.05) is 43.1 Å². The zero-order chi connectivity index (χ0) is 20.4. The van der Waals surface area contributed by atoms with Crippen LogP contribution in [0.15, 0.2) is 47.4 Å². The summed E-state index contributed by atoms with van der Waals surface area (Å²) in [6, 6.07) is 12.3. The number of hydrogen-bond donors (Lipinski definition) is 1. The zero-order valence-electron chi connectivity index (χ0n) is 16.4. The molecule has 154 valence electrons. The van der Waals surface area contributed by atoms with Gasteiger partial charge in [0.15, 0.2) is 0 Å². The summed E-state index contributed by atoms with van der Waals surface area (Å²) in [4.78, 5) is 16.2. The highest BCUT2D eigenvalue weighted by molar-refractivity contribution is 7.92. The van der Waals surface area contributed by atoms with Crippen LogP contribution in [-0.4, -0.2) is 47.2 Å². The molecule has 2 aromatic carbocycles. The van der Waals surface area contributed by atoms with Crippen molar-refractivity contribution in [3.8, 4) is 0 Å². The molecule has 1 amide bonds. The molecule has 1 N–H and O–H groups in total. The first-order valence-corrected chi connectivity index (χ1v) is 11.3. The lowest BCUT2D eigenvalue weighted by Crippen LogP contribution is -2.36. The van der Waals surface area contributed by atoms with Gasteiger partial charge < -0.3 is 14.5 Å². The van der Waals surface area contributed by atoms with E-state index in [-0.39, 0.29) is 10.8 Å². The molecule has 0 unspecified atom stereocenters. The van der Waals surface area contributed by atoms with Crippen LogP contribution in [0.5, 0.6) is 0 Å². The lowest BCUT2D eigenvalue weighted by Gasteiger charge is -2.28. The number of sulfonamides is 1. The van der Waals surface area contributed by atoms with Crippen LogP contribution in [0.1, 0.15) is 18.9 Å². The summed E-state index contributed by atoms with van der Waals surface area (Å²) in [7, 11) is -3.70. The molecule has 4 rings (SSSR count). The summed E-state index contributed by atoms with van der Waals surface area (Å²) < 4.78 is 33.7. The standard InChI is InChI=1S/C21H25N3O4S/c1-2-21(25)24-10-9-16-15-19(7-8-20(16)24)29(26,27)22-17-3-5-18(6-4-17)23-11-13-28-14-12-23/h3-8,15,22H,2,9-14H2,1H3. The Morgan fingerprint density at radius 3 is 2.48 bits per heavy atom. The number of ether oxygens (including phenoxy) is 1. The third kappa shape index (κ3) is 4.09. The van der Waals surface area contributed by atoms with E-state index in [1.54, 1.807) is 35.2 Å². The van der Waals surface area contributed by atoms with E-state index in [2.05, 4.69) is 9.62 Å². The Balaban J connectivity index is 1.50. The van der Waals surface area contributed by atoms with Gasteiger partial charge in [-0.3, -0.25) is 9.52 Å². The summed E-state index contributed by atoms with van der Waals surface area (Å²) in [5.74, 6) is 0.0536. The molecular weight excluding hydrogens is 390 g/mol. The lowest BCUT2D eigenvalue weighted by atomic mass is 10.2. The average molecular weight is 416 g/mol. The number of hydrogen-bond acceptors (Lipinski definition) is 5. The SMILES string of the molecule is CCC(=O)N1CCc2cc(S(=O)(=O)Nc3ccc(N4CCOCC4)cc3)ccc21. The Kier molecular flexibility index (Phi) is 5.47. The summed E-state index contributed by atoms with van der Waals surface area (Å²) in [6.45, 7) is 5.49. The van der Waals surface area contributed by atoms with Gasteiger partial charge in [-0.2, -0.15) is 0 Å². The molecule has 1 saturated heterocycles. The van der Waals surface area contributed by atoms with E-state index in [1.807, 2.05) is 19.1 Å². The molecule has 8 heteroatoms. The van der Waals surface area contributed by atoms with Crippen molar-refractivity contribution in [1.82, 2.24) is 0 Å². The van der Waals surface area contributed by atoms with Gasteiger partial charge in [0.2, 0.25) is 5.91 Å². The summed E-state index contributed by atoms with van der Waals surface area (Å²) in [6.07, 6.45) is 1.10. The van der Waals surface area contributed by atoms with E-state index in [9.17, 15) is 13.2 Å². The van der Waals surface area contributed by atoms with Crippen LogP contribution in [0.3, 0.4) is 0 Å². The molecule has 0 aromatic heterocycles. The third-order valence-corrected chi connectivity index (χ3v) is 6.74. The average Bonchev–Trinajstić information content (AvgIpc) is 3.17. The Hall–Kier alpha value is -2.58. The van der Waals surface area contributed by atoms with Crippen LogP contribution in [-0.2, 0) is 26.0 Å². The molecule has 0 bridgehead atoms. The van der Waals surface area contributed by atoms with E-state index >= 15 is 0 Å². The highest BCUT2D eigenvalue weighted by atomic mass is 32.2. The molecule has 1 fully saturated rings. The first-order chi connectivity index (χ1) is 14.0. The normalized spacial score (nSPS) is 16.6. The van der Waals surface area contributed by atoms with Crippen molar-refractivity contribution < 1.29 is 17.9 Å². The van der Waals surface area contributed by atoms with Gasteiger partial charge >= 0.3 is 0 Å². The number of anilines is 3. The number of amides is 1. The van der Waals surface area contributed by atoms with Crippen LogP contribution in [0, 0.1) is 0 Å². The number of carbonyl (C=O) groups excluding carboxylic acids is 1. The summed E-state index contributed by atoms with van der Waals surface area (Å²) >= 11 is 0. The van der Waals surface area contributed by atoms with Crippen molar-refractivity contribution in [1.29, 1.82) is 0 Å². The Labute approximate surface area is 171 Å². The zero-order valence-corrected chi connectivity index (χ0v) is 17.2. The van der Waals surface area contributed by atoms with Crippen LogP contribution in [0.25, 0.3) is 0 Å². The van der Waals surface area contributed by atoms with Gasteiger partial charge in [-0.15, -0.1) is 0 Å². The maximum Gasteiger partial charge on any atom is 0.261 e. The van der Waals surface area contributed by atoms with Crippen molar-refractivity contribution in [2.75, 3.05) is 47.4 Å². The molecule has 2 heterocycles. The molecule has 29 heavy (non-hydrogen) atoms. The van der Waals surface area contributed by atoms with Crippen molar-refractivity contribution in [3.63, 3.8) is 0 Å². The molecule has 2 aliphatic rings. The van der Waals surface area contributed by atoms with E-state index in [0.717, 1.165) is 30.0 Å². The number of fused-ring (bicyclic) bond motifs is 1. The van der Waals surface area contributed by atoms with Crippen LogP contribution >= 0.6 is 0 Å². The minimum atomic E-state index is -3.70. The summed E-state index contributed by atoms with van der Waals surface area (Å²) in [5, 5.41) is 0. The number of benzene rings is 2. The maximum atomic E-state index is 12.8. The fourth-order valence-corrected chi connectivity index (χ4v) is 4.88. The van der Waals surface area contributed by atoms with E-state index in [4.69, 9.17) is 4.74 Å².